The molecular weight excluding hydrogens is 238 g/mol. The van der Waals surface area contributed by atoms with Gasteiger partial charge in [-0.15, -0.1) is 0 Å². The van der Waals surface area contributed by atoms with Crippen LogP contribution in [0.15, 0.2) is 0 Å². The van der Waals surface area contributed by atoms with Gasteiger partial charge in [0.15, 0.2) is 6.29 Å². The average Bonchev–Trinajstić information content (AvgIpc) is 2.36. The summed E-state index contributed by atoms with van der Waals surface area (Å²) in [6.07, 6.45) is 0.489. The molecule has 0 aromatic rings. The highest BCUT2D eigenvalue weighted by molar-refractivity contribution is 5.83. The summed E-state index contributed by atoms with van der Waals surface area (Å²) in [5.41, 5.74) is 1.97. The van der Waals surface area contributed by atoms with Gasteiger partial charge in [-0.2, -0.15) is 0 Å². The Hall–Kier alpha value is -1.18. The van der Waals surface area contributed by atoms with Crippen LogP contribution in [0.1, 0.15) is 33.1 Å². The maximum absolute atomic E-state index is 11.3. The number of hydrogen-bond donors (Lipinski definition) is 3. The van der Waals surface area contributed by atoms with Gasteiger partial charge in [0.25, 0.3) is 0 Å². The molecule has 0 saturated carbocycles. The van der Waals surface area contributed by atoms with Crippen molar-refractivity contribution >= 4 is 11.8 Å². The van der Waals surface area contributed by atoms with E-state index in [1.54, 1.807) is 0 Å². The lowest BCUT2D eigenvalue weighted by Crippen LogP contribution is -2.33. The minimum Gasteiger partial charge on any atom is -0.356 e. The topological polar surface area (TPSA) is 103 Å². The lowest BCUT2D eigenvalue weighted by molar-refractivity contribution is -0.140. The first-order valence-electron chi connectivity index (χ1n) is 6.13. The summed E-state index contributed by atoms with van der Waals surface area (Å²) < 4.78 is 10.7. The Morgan fingerprint density at radius 2 is 1.67 bits per heavy atom. The first-order chi connectivity index (χ1) is 8.63. The highest BCUT2D eigenvalue weighted by Gasteiger charge is 2.09. The number of ether oxygens (including phenoxy) is 2. The van der Waals surface area contributed by atoms with Crippen LogP contribution in [-0.4, -0.2) is 37.9 Å². The van der Waals surface area contributed by atoms with Gasteiger partial charge in [-0.05, 0) is 13.8 Å². The minimum absolute atomic E-state index is 0.0860. The van der Waals surface area contributed by atoms with Crippen molar-refractivity contribution in [3.05, 3.63) is 0 Å². The van der Waals surface area contributed by atoms with E-state index < -0.39 is 0 Å². The van der Waals surface area contributed by atoms with Crippen molar-refractivity contribution in [1.82, 2.24) is 10.7 Å². The molecule has 0 aliphatic heterocycles. The lowest BCUT2D eigenvalue weighted by atomic mass is 10.3. The number of hydrogen-bond acceptors (Lipinski definition) is 5. The Morgan fingerprint density at radius 1 is 1.11 bits per heavy atom. The second-order valence-electron chi connectivity index (χ2n) is 3.55. The smallest absolute Gasteiger partial charge is 0.234 e. The molecule has 0 aromatic carbocycles. The first-order valence-corrected chi connectivity index (χ1v) is 6.13. The van der Waals surface area contributed by atoms with Crippen LogP contribution < -0.4 is 16.6 Å². The van der Waals surface area contributed by atoms with Gasteiger partial charge in [0.1, 0.15) is 0 Å². The molecule has 0 fully saturated rings. The zero-order chi connectivity index (χ0) is 13.8. The molecule has 0 bridgehead atoms. The standard InChI is InChI=1S/C11H23N3O4/c1-3-17-11(18-4-2)7-8-13-9(15)5-6-10(16)14-12/h11H,3-8,12H2,1-2H3,(H,13,15)(H,14,16). The molecule has 0 saturated heterocycles. The van der Waals surface area contributed by atoms with Gasteiger partial charge in [-0.3, -0.25) is 15.0 Å². The Labute approximate surface area is 107 Å². The van der Waals surface area contributed by atoms with E-state index in [0.717, 1.165) is 0 Å². The van der Waals surface area contributed by atoms with E-state index in [-0.39, 0.29) is 30.9 Å². The monoisotopic (exact) mass is 261 g/mol. The molecule has 7 heteroatoms. The van der Waals surface area contributed by atoms with E-state index in [9.17, 15) is 9.59 Å². The summed E-state index contributed by atoms with van der Waals surface area (Å²) in [4.78, 5) is 22.2. The fourth-order valence-electron chi connectivity index (χ4n) is 1.30. The van der Waals surface area contributed by atoms with E-state index >= 15 is 0 Å². The fraction of sp³-hybridized carbons (Fsp3) is 0.818. The predicted molar refractivity (Wildman–Crippen MR) is 66.2 cm³/mol. The van der Waals surface area contributed by atoms with Crippen LogP contribution >= 0.6 is 0 Å². The number of nitrogens with one attached hydrogen (secondary N) is 2. The van der Waals surface area contributed by atoms with E-state index in [4.69, 9.17) is 15.3 Å². The molecule has 2 amide bonds. The van der Waals surface area contributed by atoms with Crippen molar-refractivity contribution in [3.63, 3.8) is 0 Å². The molecule has 0 unspecified atom stereocenters. The minimum atomic E-state index is -0.355. The van der Waals surface area contributed by atoms with Crippen molar-refractivity contribution in [3.8, 4) is 0 Å². The Kier molecular flexibility index (Phi) is 10.2. The molecule has 18 heavy (non-hydrogen) atoms. The van der Waals surface area contributed by atoms with Crippen molar-refractivity contribution in [2.24, 2.45) is 5.84 Å². The summed E-state index contributed by atoms with van der Waals surface area (Å²) in [5.74, 6) is 4.36. The molecule has 0 rings (SSSR count). The van der Waals surface area contributed by atoms with Crippen LogP contribution in [0.25, 0.3) is 0 Å². The van der Waals surface area contributed by atoms with Crippen LogP contribution in [0.2, 0.25) is 0 Å². The van der Waals surface area contributed by atoms with Crippen LogP contribution in [-0.2, 0) is 19.1 Å². The van der Waals surface area contributed by atoms with Crippen LogP contribution in [0.4, 0.5) is 0 Å². The van der Waals surface area contributed by atoms with Crippen LogP contribution in [0, 0.1) is 0 Å². The van der Waals surface area contributed by atoms with E-state index in [0.29, 0.717) is 26.2 Å². The molecule has 0 radical (unpaired) electrons. The lowest BCUT2D eigenvalue weighted by Gasteiger charge is -2.16. The number of carbonyl (C=O) groups is 2. The van der Waals surface area contributed by atoms with Gasteiger partial charge in [0.2, 0.25) is 11.8 Å². The van der Waals surface area contributed by atoms with Crippen LogP contribution in [0.3, 0.4) is 0 Å². The van der Waals surface area contributed by atoms with E-state index in [1.165, 1.54) is 0 Å². The van der Waals surface area contributed by atoms with Gasteiger partial charge in [0.05, 0.1) is 0 Å². The number of hydrazine groups is 1. The second-order valence-corrected chi connectivity index (χ2v) is 3.55. The molecular formula is C11H23N3O4. The van der Waals surface area contributed by atoms with Gasteiger partial charge < -0.3 is 14.8 Å². The van der Waals surface area contributed by atoms with E-state index in [2.05, 4.69) is 5.32 Å². The Morgan fingerprint density at radius 3 is 2.17 bits per heavy atom. The van der Waals surface area contributed by atoms with Crippen LogP contribution in [0.5, 0.6) is 0 Å². The number of amides is 2. The van der Waals surface area contributed by atoms with Gasteiger partial charge in [-0.25, -0.2) is 5.84 Å². The molecule has 7 nitrogen and oxygen atoms in total. The molecule has 4 N–H and O–H groups in total. The third-order valence-corrected chi connectivity index (χ3v) is 2.15. The quantitative estimate of drug-likeness (QED) is 0.216. The van der Waals surface area contributed by atoms with Crippen molar-refractivity contribution in [2.45, 2.75) is 39.4 Å². The molecule has 0 heterocycles. The zero-order valence-electron chi connectivity index (χ0n) is 11.0. The third-order valence-electron chi connectivity index (χ3n) is 2.15. The first kappa shape index (κ1) is 16.8. The Bertz CT molecular complexity index is 242. The molecule has 0 aromatic heterocycles. The average molecular weight is 261 g/mol. The summed E-state index contributed by atoms with van der Waals surface area (Å²) in [7, 11) is 0. The Balaban J connectivity index is 3.67. The normalized spacial score (nSPS) is 10.4. The number of rotatable bonds is 10. The predicted octanol–water partition coefficient (Wildman–Crippen LogP) is -0.338. The molecule has 106 valence electrons. The SMILES string of the molecule is CCOC(CCNC(=O)CCC(=O)NN)OCC. The largest absolute Gasteiger partial charge is 0.356 e. The van der Waals surface area contributed by atoms with Gasteiger partial charge in [-0.1, -0.05) is 0 Å². The summed E-state index contributed by atoms with van der Waals surface area (Å²) in [5, 5.41) is 2.69. The maximum atomic E-state index is 11.3. The highest BCUT2D eigenvalue weighted by atomic mass is 16.7. The summed E-state index contributed by atoms with van der Waals surface area (Å²) in [6.45, 7) is 5.35. The van der Waals surface area contributed by atoms with E-state index in [1.807, 2.05) is 19.3 Å². The zero-order valence-corrected chi connectivity index (χ0v) is 11.0. The third kappa shape index (κ3) is 8.91. The van der Waals surface area contributed by atoms with Crippen molar-refractivity contribution in [2.75, 3.05) is 19.8 Å². The summed E-state index contributed by atoms with van der Waals surface area (Å²) >= 11 is 0. The fourth-order valence-corrected chi connectivity index (χ4v) is 1.30. The summed E-state index contributed by atoms with van der Waals surface area (Å²) in [6, 6.07) is 0. The van der Waals surface area contributed by atoms with Gasteiger partial charge >= 0.3 is 0 Å². The van der Waals surface area contributed by atoms with Crippen molar-refractivity contribution in [1.29, 1.82) is 0 Å². The van der Waals surface area contributed by atoms with Crippen molar-refractivity contribution < 1.29 is 19.1 Å². The van der Waals surface area contributed by atoms with Gasteiger partial charge in [0, 0.05) is 39.0 Å². The maximum Gasteiger partial charge on any atom is 0.234 e. The highest BCUT2D eigenvalue weighted by Crippen LogP contribution is 2.00. The number of nitrogens with two attached hydrogens (primary N) is 1. The number of carbonyl (C=O) groups excluding carboxylic acids is 2. The molecule has 0 aliphatic rings. The molecule has 0 aliphatic carbocycles. The molecule has 0 spiro atoms. The molecule has 0 atom stereocenters. The second kappa shape index (κ2) is 10.9.